The van der Waals surface area contributed by atoms with Crippen LogP contribution in [0.3, 0.4) is 0 Å². The molecule has 0 radical (unpaired) electrons. The summed E-state index contributed by atoms with van der Waals surface area (Å²) in [4.78, 5) is 11.8. The second-order valence-electron chi connectivity index (χ2n) is 4.74. The van der Waals surface area contributed by atoms with Crippen LogP contribution in [0.2, 0.25) is 0 Å². The van der Waals surface area contributed by atoms with Gasteiger partial charge in [0.25, 0.3) is 0 Å². The van der Waals surface area contributed by atoms with Crippen molar-refractivity contribution in [3.63, 3.8) is 0 Å². The molecular weight excluding hydrogens is 272 g/mol. The lowest BCUT2D eigenvalue weighted by atomic mass is 10.1. The van der Waals surface area contributed by atoms with E-state index in [-0.39, 0.29) is 5.69 Å². The van der Waals surface area contributed by atoms with Gasteiger partial charge in [-0.2, -0.15) is 0 Å². The Morgan fingerprint density at radius 2 is 1.43 bits per heavy atom. The van der Waals surface area contributed by atoms with Gasteiger partial charge in [0.2, 0.25) is 0 Å². The summed E-state index contributed by atoms with van der Waals surface area (Å²) in [6.45, 7) is 3.91. The van der Waals surface area contributed by atoms with E-state index in [0.29, 0.717) is 5.69 Å². The van der Waals surface area contributed by atoms with Gasteiger partial charge < -0.3 is 26.0 Å². The molecule has 2 aromatic rings. The molecule has 6 nitrogen and oxygen atoms in total. The van der Waals surface area contributed by atoms with E-state index in [9.17, 15) is 20.1 Å². The van der Waals surface area contributed by atoms with Crippen LogP contribution < -0.4 is 10.6 Å². The van der Waals surface area contributed by atoms with Gasteiger partial charge in [-0.1, -0.05) is 6.07 Å². The molecule has 0 fully saturated rings. The number of aryl methyl sites for hydroxylation is 2. The van der Waals surface area contributed by atoms with E-state index >= 15 is 0 Å². The summed E-state index contributed by atoms with van der Waals surface area (Å²) in [6, 6.07) is 7.24. The van der Waals surface area contributed by atoms with Gasteiger partial charge in [0.15, 0.2) is 17.2 Å². The third-order valence-corrected chi connectivity index (χ3v) is 3.09. The minimum absolute atomic E-state index is 0.157. The fraction of sp³-hybridized carbons (Fsp3) is 0.133. The lowest BCUT2D eigenvalue weighted by Crippen LogP contribution is -2.19. The lowest BCUT2D eigenvalue weighted by Gasteiger charge is -2.10. The molecule has 0 aliphatic heterocycles. The van der Waals surface area contributed by atoms with Crippen LogP contribution in [0.25, 0.3) is 0 Å². The van der Waals surface area contributed by atoms with Gasteiger partial charge >= 0.3 is 6.03 Å². The molecule has 0 aromatic heterocycles. The second-order valence-corrected chi connectivity index (χ2v) is 4.74. The number of hydrogen-bond acceptors (Lipinski definition) is 4. The number of phenolic OH excluding ortho intramolecular Hbond substituents is 3. The van der Waals surface area contributed by atoms with Crippen LogP contribution in [0, 0.1) is 13.8 Å². The number of aromatic hydroxyl groups is 3. The Balaban J connectivity index is 2.09. The molecular formula is C15H16N2O4. The van der Waals surface area contributed by atoms with Gasteiger partial charge in [-0.05, 0) is 37.1 Å². The summed E-state index contributed by atoms with van der Waals surface area (Å²) in [7, 11) is 0. The summed E-state index contributed by atoms with van der Waals surface area (Å²) >= 11 is 0. The Morgan fingerprint density at radius 1 is 0.857 bits per heavy atom. The molecule has 5 N–H and O–H groups in total. The Hall–Kier alpha value is -2.89. The molecule has 0 bridgehead atoms. The molecule has 0 atom stereocenters. The summed E-state index contributed by atoms with van der Waals surface area (Å²) in [6.07, 6.45) is 0. The molecule has 0 aliphatic rings. The minimum atomic E-state index is -0.630. The Kier molecular flexibility index (Phi) is 3.89. The molecule has 0 saturated carbocycles. The van der Waals surface area contributed by atoms with Gasteiger partial charge in [-0.3, -0.25) is 0 Å². The van der Waals surface area contributed by atoms with Crippen molar-refractivity contribution in [3.05, 3.63) is 41.5 Å². The first kappa shape index (κ1) is 14.5. The van der Waals surface area contributed by atoms with Crippen LogP contribution in [0.5, 0.6) is 17.2 Å². The zero-order valence-electron chi connectivity index (χ0n) is 11.6. The van der Waals surface area contributed by atoms with Crippen LogP contribution in [-0.2, 0) is 0 Å². The summed E-state index contributed by atoms with van der Waals surface area (Å²) in [5.41, 5.74) is 2.95. The second kappa shape index (κ2) is 5.62. The van der Waals surface area contributed by atoms with Crippen LogP contribution in [-0.4, -0.2) is 21.4 Å². The number of phenols is 3. The van der Waals surface area contributed by atoms with Gasteiger partial charge in [-0.25, -0.2) is 4.79 Å². The highest BCUT2D eigenvalue weighted by molar-refractivity contribution is 6.00. The van der Waals surface area contributed by atoms with Crippen molar-refractivity contribution in [2.75, 3.05) is 10.6 Å². The molecule has 0 heterocycles. The molecule has 21 heavy (non-hydrogen) atoms. The molecule has 0 spiro atoms. The topological polar surface area (TPSA) is 102 Å². The van der Waals surface area contributed by atoms with Gasteiger partial charge in [0.05, 0.1) is 5.69 Å². The van der Waals surface area contributed by atoms with E-state index < -0.39 is 23.3 Å². The third kappa shape index (κ3) is 3.36. The molecule has 2 rings (SSSR count). The summed E-state index contributed by atoms with van der Waals surface area (Å²) < 4.78 is 0. The first-order valence-corrected chi connectivity index (χ1v) is 6.27. The van der Waals surface area contributed by atoms with Crippen molar-refractivity contribution < 1.29 is 20.1 Å². The third-order valence-electron chi connectivity index (χ3n) is 3.09. The minimum Gasteiger partial charge on any atom is -0.504 e. The number of anilines is 2. The first-order valence-electron chi connectivity index (χ1n) is 6.27. The lowest BCUT2D eigenvalue weighted by molar-refractivity contribution is 0.262. The Morgan fingerprint density at radius 3 is 2.00 bits per heavy atom. The highest BCUT2D eigenvalue weighted by Crippen LogP contribution is 2.37. The zero-order valence-corrected chi connectivity index (χ0v) is 11.6. The molecule has 0 unspecified atom stereocenters. The Labute approximate surface area is 121 Å². The van der Waals surface area contributed by atoms with E-state index in [2.05, 4.69) is 10.6 Å². The summed E-state index contributed by atoms with van der Waals surface area (Å²) in [5.74, 6) is -1.66. The highest BCUT2D eigenvalue weighted by atomic mass is 16.3. The van der Waals surface area contributed by atoms with Crippen molar-refractivity contribution >= 4 is 17.4 Å². The number of hydrogen-bond donors (Lipinski definition) is 5. The zero-order chi connectivity index (χ0) is 15.6. The van der Waals surface area contributed by atoms with E-state index in [0.717, 1.165) is 23.3 Å². The predicted molar refractivity (Wildman–Crippen MR) is 80.0 cm³/mol. The van der Waals surface area contributed by atoms with E-state index in [1.54, 1.807) is 6.07 Å². The van der Waals surface area contributed by atoms with Crippen molar-refractivity contribution in [3.8, 4) is 17.2 Å². The predicted octanol–water partition coefficient (Wildman–Crippen LogP) is 3.06. The fourth-order valence-electron chi connectivity index (χ4n) is 1.79. The molecule has 2 aromatic carbocycles. The van der Waals surface area contributed by atoms with Gasteiger partial charge in [-0.15, -0.1) is 0 Å². The SMILES string of the molecule is Cc1ccc(NC(=O)Nc2cc(O)c(O)c(O)c2)cc1C. The monoisotopic (exact) mass is 288 g/mol. The molecule has 6 heteroatoms. The van der Waals surface area contributed by atoms with Crippen molar-refractivity contribution in [1.29, 1.82) is 0 Å². The number of carbonyl (C=O) groups is 1. The molecule has 0 aliphatic carbocycles. The average Bonchev–Trinajstić information content (AvgIpc) is 2.40. The first-order chi connectivity index (χ1) is 9.86. The average molecular weight is 288 g/mol. The summed E-state index contributed by atoms with van der Waals surface area (Å²) in [5, 5.41) is 33.1. The van der Waals surface area contributed by atoms with Crippen molar-refractivity contribution in [2.24, 2.45) is 0 Å². The van der Waals surface area contributed by atoms with Crippen LogP contribution >= 0.6 is 0 Å². The van der Waals surface area contributed by atoms with Gasteiger partial charge in [0.1, 0.15) is 0 Å². The molecule has 110 valence electrons. The fourth-order valence-corrected chi connectivity index (χ4v) is 1.79. The number of carbonyl (C=O) groups excluding carboxylic acids is 1. The number of rotatable bonds is 2. The normalized spacial score (nSPS) is 10.2. The van der Waals surface area contributed by atoms with Gasteiger partial charge in [0, 0.05) is 17.8 Å². The molecule has 0 saturated heterocycles. The smallest absolute Gasteiger partial charge is 0.323 e. The Bertz CT molecular complexity index is 675. The maximum absolute atomic E-state index is 11.8. The maximum Gasteiger partial charge on any atom is 0.323 e. The van der Waals surface area contributed by atoms with Crippen molar-refractivity contribution in [1.82, 2.24) is 0 Å². The van der Waals surface area contributed by atoms with E-state index in [1.165, 1.54) is 0 Å². The van der Waals surface area contributed by atoms with Crippen LogP contribution in [0.4, 0.5) is 16.2 Å². The quantitative estimate of drug-likeness (QED) is 0.433. The number of benzene rings is 2. The van der Waals surface area contributed by atoms with E-state index in [1.807, 2.05) is 26.0 Å². The number of nitrogens with one attached hydrogen (secondary N) is 2. The van der Waals surface area contributed by atoms with Crippen molar-refractivity contribution in [2.45, 2.75) is 13.8 Å². The van der Waals surface area contributed by atoms with Crippen LogP contribution in [0.15, 0.2) is 30.3 Å². The number of urea groups is 1. The highest BCUT2D eigenvalue weighted by Gasteiger charge is 2.10. The van der Waals surface area contributed by atoms with Crippen LogP contribution in [0.1, 0.15) is 11.1 Å². The largest absolute Gasteiger partial charge is 0.504 e. The number of amides is 2. The maximum atomic E-state index is 11.8. The standard InChI is InChI=1S/C15H16N2O4/c1-8-3-4-10(5-9(8)2)16-15(21)17-11-6-12(18)14(20)13(19)7-11/h3-7,18-20H,1-2H3,(H2,16,17,21). The molecule has 2 amide bonds. The van der Waals surface area contributed by atoms with E-state index in [4.69, 9.17) is 0 Å².